The predicted molar refractivity (Wildman–Crippen MR) is 61.8 cm³/mol. The van der Waals surface area contributed by atoms with Crippen molar-refractivity contribution in [1.29, 1.82) is 5.26 Å². The number of thioether (sulfide) groups is 1. The third-order valence-electron chi connectivity index (χ3n) is 2.00. The molecule has 0 aliphatic heterocycles. The Kier molecular flexibility index (Phi) is 3.25. The van der Waals surface area contributed by atoms with E-state index < -0.39 is 0 Å². The molecule has 0 saturated carbocycles. The molecule has 17 heavy (non-hydrogen) atoms. The molecule has 0 radical (unpaired) electrons. The summed E-state index contributed by atoms with van der Waals surface area (Å²) in [5.41, 5.74) is 0.737. The van der Waals surface area contributed by atoms with Crippen molar-refractivity contribution in [2.45, 2.75) is 17.3 Å². The Hall–Kier alpha value is -2.07. The van der Waals surface area contributed by atoms with Crippen LogP contribution in [0, 0.1) is 11.3 Å². The van der Waals surface area contributed by atoms with Gasteiger partial charge in [-0.2, -0.15) is 9.94 Å². The second kappa shape index (κ2) is 4.84. The number of tetrazole rings is 1. The molecule has 86 valence electrons. The molecular weight excluding hydrogens is 238 g/mol. The Morgan fingerprint density at radius 2 is 2.12 bits per heavy atom. The fourth-order valence-corrected chi connectivity index (χ4v) is 1.89. The Bertz CT molecular complexity index is 545. The molecule has 1 aromatic carbocycles. The molecule has 0 amide bonds. The Labute approximate surface area is 102 Å². The number of phenols is 1. The number of aromatic hydroxyl groups is 1. The average Bonchev–Trinajstić information content (AvgIpc) is 2.78. The first-order valence-corrected chi connectivity index (χ1v) is 5.72. The SMILES string of the molecule is CC(C#N)Sc1nnnn1-c1ccc(O)cc1. The van der Waals surface area contributed by atoms with Gasteiger partial charge in [0.15, 0.2) is 0 Å². The fraction of sp³-hybridized carbons (Fsp3) is 0.200. The maximum atomic E-state index is 9.20. The van der Waals surface area contributed by atoms with Gasteiger partial charge in [-0.25, -0.2) is 0 Å². The van der Waals surface area contributed by atoms with E-state index >= 15 is 0 Å². The van der Waals surface area contributed by atoms with Crippen molar-refractivity contribution in [3.8, 4) is 17.5 Å². The van der Waals surface area contributed by atoms with E-state index in [0.717, 1.165) is 5.69 Å². The van der Waals surface area contributed by atoms with Crippen molar-refractivity contribution < 1.29 is 5.11 Å². The summed E-state index contributed by atoms with van der Waals surface area (Å²) in [6.45, 7) is 1.78. The summed E-state index contributed by atoms with van der Waals surface area (Å²) in [4.78, 5) is 0. The molecule has 0 fully saturated rings. The molecule has 1 aromatic heterocycles. The van der Waals surface area contributed by atoms with Crippen LogP contribution in [0.5, 0.6) is 5.75 Å². The average molecular weight is 247 g/mol. The highest BCUT2D eigenvalue weighted by molar-refractivity contribution is 8.00. The summed E-state index contributed by atoms with van der Waals surface area (Å²) >= 11 is 1.28. The zero-order valence-electron chi connectivity index (χ0n) is 8.98. The summed E-state index contributed by atoms with van der Waals surface area (Å²) in [6, 6.07) is 8.62. The lowest BCUT2D eigenvalue weighted by Crippen LogP contribution is -2.01. The van der Waals surface area contributed by atoms with E-state index in [1.165, 1.54) is 16.4 Å². The summed E-state index contributed by atoms with van der Waals surface area (Å²) in [5, 5.41) is 29.5. The van der Waals surface area contributed by atoms with Crippen LogP contribution in [0.2, 0.25) is 0 Å². The van der Waals surface area contributed by atoms with Crippen LogP contribution in [-0.4, -0.2) is 30.6 Å². The molecule has 6 nitrogen and oxygen atoms in total. The van der Waals surface area contributed by atoms with E-state index in [1.807, 2.05) is 0 Å². The zero-order chi connectivity index (χ0) is 12.3. The van der Waals surface area contributed by atoms with E-state index in [9.17, 15) is 5.11 Å². The highest BCUT2D eigenvalue weighted by Crippen LogP contribution is 2.22. The first-order valence-electron chi connectivity index (χ1n) is 4.85. The van der Waals surface area contributed by atoms with Gasteiger partial charge in [-0.3, -0.25) is 0 Å². The summed E-state index contributed by atoms with van der Waals surface area (Å²) in [5.74, 6) is 0.182. The maximum Gasteiger partial charge on any atom is 0.215 e. The molecule has 2 aromatic rings. The molecule has 0 saturated heterocycles. The first kappa shape index (κ1) is 11.4. The monoisotopic (exact) mass is 247 g/mol. The van der Waals surface area contributed by atoms with Gasteiger partial charge in [-0.05, 0) is 41.6 Å². The minimum Gasteiger partial charge on any atom is -0.508 e. The highest BCUT2D eigenvalue weighted by atomic mass is 32.2. The number of hydrogen-bond acceptors (Lipinski definition) is 6. The van der Waals surface area contributed by atoms with Gasteiger partial charge in [0.25, 0.3) is 0 Å². The van der Waals surface area contributed by atoms with Crippen LogP contribution in [0.15, 0.2) is 29.4 Å². The summed E-state index contributed by atoms with van der Waals surface area (Å²) in [7, 11) is 0. The van der Waals surface area contributed by atoms with Crippen LogP contribution >= 0.6 is 11.8 Å². The molecule has 0 bridgehead atoms. The van der Waals surface area contributed by atoms with E-state index in [0.29, 0.717) is 5.16 Å². The van der Waals surface area contributed by atoms with Gasteiger partial charge < -0.3 is 5.11 Å². The van der Waals surface area contributed by atoms with Crippen molar-refractivity contribution in [3.05, 3.63) is 24.3 Å². The van der Waals surface area contributed by atoms with Crippen molar-refractivity contribution in [3.63, 3.8) is 0 Å². The fourth-order valence-electron chi connectivity index (χ4n) is 1.19. The number of benzene rings is 1. The molecule has 0 aliphatic carbocycles. The smallest absolute Gasteiger partial charge is 0.215 e. The number of aromatic nitrogens is 4. The third kappa shape index (κ3) is 2.54. The topological polar surface area (TPSA) is 87.6 Å². The summed E-state index contributed by atoms with van der Waals surface area (Å²) < 4.78 is 1.53. The molecular formula is C10H9N5OS. The number of phenolic OH excluding ortho intramolecular Hbond substituents is 1. The molecule has 7 heteroatoms. The van der Waals surface area contributed by atoms with Crippen LogP contribution in [-0.2, 0) is 0 Å². The third-order valence-corrected chi connectivity index (χ3v) is 2.92. The van der Waals surface area contributed by atoms with Gasteiger partial charge in [0.05, 0.1) is 17.0 Å². The van der Waals surface area contributed by atoms with Crippen molar-refractivity contribution in [1.82, 2.24) is 20.2 Å². The van der Waals surface area contributed by atoms with Gasteiger partial charge in [-0.1, -0.05) is 11.8 Å². The van der Waals surface area contributed by atoms with Crippen LogP contribution in [0.25, 0.3) is 5.69 Å². The Morgan fingerprint density at radius 1 is 1.41 bits per heavy atom. The maximum absolute atomic E-state index is 9.20. The van der Waals surface area contributed by atoms with Crippen molar-refractivity contribution in [2.24, 2.45) is 0 Å². The lowest BCUT2D eigenvalue weighted by molar-refractivity contribution is 0.475. The standard InChI is InChI=1S/C10H9N5OS/c1-7(6-11)17-10-12-13-14-15(10)8-2-4-9(16)5-3-8/h2-5,7,16H,1H3. The van der Waals surface area contributed by atoms with E-state index in [-0.39, 0.29) is 11.0 Å². The van der Waals surface area contributed by atoms with Crippen LogP contribution < -0.4 is 0 Å². The van der Waals surface area contributed by atoms with Gasteiger partial charge in [0.1, 0.15) is 5.75 Å². The van der Waals surface area contributed by atoms with Crippen LogP contribution in [0.4, 0.5) is 0 Å². The van der Waals surface area contributed by atoms with E-state index in [2.05, 4.69) is 21.6 Å². The van der Waals surface area contributed by atoms with E-state index in [4.69, 9.17) is 5.26 Å². The molecule has 0 spiro atoms. The lowest BCUT2D eigenvalue weighted by Gasteiger charge is -2.04. The first-order chi connectivity index (χ1) is 8.20. The molecule has 2 rings (SSSR count). The number of rotatable bonds is 3. The van der Waals surface area contributed by atoms with Crippen LogP contribution in [0.1, 0.15) is 6.92 Å². The quantitative estimate of drug-likeness (QED) is 0.824. The Morgan fingerprint density at radius 3 is 2.76 bits per heavy atom. The number of nitrogens with zero attached hydrogens (tertiary/aromatic N) is 5. The number of hydrogen-bond donors (Lipinski definition) is 1. The summed E-state index contributed by atoms with van der Waals surface area (Å²) in [6.07, 6.45) is 0. The van der Waals surface area contributed by atoms with E-state index in [1.54, 1.807) is 31.2 Å². The minimum absolute atomic E-state index is 0.182. The molecule has 1 atom stereocenters. The molecule has 1 N–H and O–H groups in total. The largest absolute Gasteiger partial charge is 0.508 e. The van der Waals surface area contributed by atoms with Gasteiger partial charge in [-0.15, -0.1) is 5.10 Å². The molecule has 1 heterocycles. The number of nitriles is 1. The van der Waals surface area contributed by atoms with Crippen molar-refractivity contribution >= 4 is 11.8 Å². The second-order valence-electron chi connectivity index (χ2n) is 3.28. The van der Waals surface area contributed by atoms with Gasteiger partial charge in [0, 0.05) is 0 Å². The molecule has 0 aliphatic rings. The normalized spacial score (nSPS) is 12.0. The lowest BCUT2D eigenvalue weighted by atomic mass is 10.3. The predicted octanol–water partition coefficient (Wildman–Crippen LogP) is 1.37. The van der Waals surface area contributed by atoms with Crippen LogP contribution in [0.3, 0.4) is 0 Å². The minimum atomic E-state index is -0.225. The Balaban J connectivity index is 2.31. The molecule has 1 unspecified atom stereocenters. The van der Waals surface area contributed by atoms with Gasteiger partial charge in [0.2, 0.25) is 5.16 Å². The second-order valence-corrected chi connectivity index (χ2v) is 4.59. The van der Waals surface area contributed by atoms with Crippen molar-refractivity contribution in [2.75, 3.05) is 0 Å². The van der Waals surface area contributed by atoms with Gasteiger partial charge >= 0.3 is 0 Å². The zero-order valence-corrected chi connectivity index (χ0v) is 9.79. The highest BCUT2D eigenvalue weighted by Gasteiger charge is 2.12.